The first-order valence-corrected chi connectivity index (χ1v) is 8.58. The molecule has 0 bridgehead atoms. The average molecular weight is 315 g/mol. The van der Waals surface area contributed by atoms with Crippen molar-refractivity contribution in [3.63, 3.8) is 0 Å². The Morgan fingerprint density at radius 1 is 1.05 bits per heavy atom. The lowest BCUT2D eigenvalue weighted by Crippen LogP contribution is -2.43. The monoisotopic (exact) mass is 315 g/mol. The molecule has 0 saturated carbocycles. The summed E-state index contributed by atoms with van der Waals surface area (Å²) in [7, 11) is -3.68. The summed E-state index contributed by atoms with van der Waals surface area (Å²) in [5, 5.41) is 0. The number of hydrogen-bond acceptors (Lipinski definition) is 3. The van der Waals surface area contributed by atoms with Crippen LogP contribution in [-0.2, 0) is 10.0 Å². The molecule has 114 valence electrons. The fraction of sp³-hybridized carbons (Fsp3) is 0.235. The van der Waals surface area contributed by atoms with Crippen LogP contribution in [0.2, 0.25) is 0 Å². The Kier molecular flexibility index (Phi) is 3.53. The molecular weight excluding hydrogens is 298 g/mol. The molecule has 0 aliphatic carbocycles. The third-order valence-electron chi connectivity index (χ3n) is 3.90. The summed E-state index contributed by atoms with van der Waals surface area (Å²) in [5.41, 5.74) is 1.93. The molecule has 0 N–H and O–H groups in total. The molecule has 0 aromatic heterocycles. The molecular formula is C17H17NO3S. The van der Waals surface area contributed by atoms with Crippen LogP contribution in [0.5, 0.6) is 0 Å². The average Bonchev–Trinajstić information content (AvgIpc) is 2.47. The predicted molar refractivity (Wildman–Crippen MR) is 85.7 cm³/mol. The number of carbonyl (C=O) groups excluding carboxylic acids is 1. The van der Waals surface area contributed by atoms with Crippen LogP contribution in [0.25, 0.3) is 0 Å². The van der Waals surface area contributed by atoms with Gasteiger partial charge in [-0.05, 0) is 38.1 Å². The van der Waals surface area contributed by atoms with E-state index in [1.807, 2.05) is 6.92 Å². The number of aryl methyl sites for hydroxylation is 1. The molecule has 3 rings (SSSR count). The largest absolute Gasteiger partial charge is 0.294 e. The van der Waals surface area contributed by atoms with E-state index in [0.29, 0.717) is 11.3 Å². The highest BCUT2D eigenvalue weighted by atomic mass is 32.2. The molecule has 1 aliphatic rings. The smallest absolute Gasteiger partial charge is 0.264 e. The number of anilines is 1. The first-order valence-electron chi connectivity index (χ1n) is 7.14. The van der Waals surface area contributed by atoms with Crippen molar-refractivity contribution in [1.82, 2.24) is 0 Å². The first kappa shape index (κ1) is 14.8. The van der Waals surface area contributed by atoms with E-state index in [4.69, 9.17) is 0 Å². The van der Waals surface area contributed by atoms with Crippen LogP contribution in [0.15, 0.2) is 53.4 Å². The third-order valence-corrected chi connectivity index (χ3v) is 5.84. The van der Waals surface area contributed by atoms with Crippen molar-refractivity contribution in [2.45, 2.75) is 31.2 Å². The maximum atomic E-state index is 13.0. The van der Waals surface area contributed by atoms with Gasteiger partial charge in [-0.2, -0.15) is 0 Å². The summed E-state index contributed by atoms with van der Waals surface area (Å²) in [6, 6.07) is 13.2. The maximum Gasteiger partial charge on any atom is 0.264 e. The molecule has 0 fully saturated rings. The molecule has 0 spiro atoms. The lowest BCUT2D eigenvalue weighted by molar-refractivity contribution is 0.0972. The number of ketones is 1. The molecule has 0 radical (unpaired) electrons. The van der Waals surface area contributed by atoms with Gasteiger partial charge in [-0.3, -0.25) is 9.10 Å². The van der Waals surface area contributed by atoms with Gasteiger partial charge in [0, 0.05) is 18.0 Å². The van der Waals surface area contributed by atoms with Gasteiger partial charge in [-0.15, -0.1) is 0 Å². The number of hydrogen-bond donors (Lipinski definition) is 0. The summed E-state index contributed by atoms with van der Waals surface area (Å²) in [6.07, 6.45) is 0.197. The molecule has 2 aromatic rings. The number of carbonyl (C=O) groups is 1. The minimum Gasteiger partial charge on any atom is -0.294 e. The number of fused-ring (bicyclic) bond motifs is 1. The molecule has 0 unspecified atom stereocenters. The van der Waals surface area contributed by atoms with Crippen LogP contribution in [0, 0.1) is 6.92 Å². The fourth-order valence-electron chi connectivity index (χ4n) is 2.79. The van der Waals surface area contributed by atoms with E-state index < -0.39 is 16.1 Å². The maximum absolute atomic E-state index is 13.0. The molecule has 22 heavy (non-hydrogen) atoms. The van der Waals surface area contributed by atoms with E-state index in [2.05, 4.69) is 0 Å². The van der Waals surface area contributed by atoms with E-state index >= 15 is 0 Å². The van der Waals surface area contributed by atoms with Crippen LogP contribution in [0.1, 0.15) is 29.3 Å². The third kappa shape index (κ3) is 2.31. The molecule has 2 aromatic carbocycles. The van der Waals surface area contributed by atoms with Crippen molar-refractivity contribution in [3.8, 4) is 0 Å². The van der Waals surface area contributed by atoms with Crippen molar-refractivity contribution >= 4 is 21.5 Å². The molecule has 0 saturated heterocycles. The van der Waals surface area contributed by atoms with Gasteiger partial charge >= 0.3 is 0 Å². The van der Waals surface area contributed by atoms with Gasteiger partial charge in [-0.25, -0.2) is 8.42 Å². The number of sulfonamides is 1. The van der Waals surface area contributed by atoms with Crippen molar-refractivity contribution < 1.29 is 13.2 Å². The Balaban J connectivity index is 2.16. The van der Waals surface area contributed by atoms with Gasteiger partial charge in [0.1, 0.15) is 0 Å². The van der Waals surface area contributed by atoms with E-state index in [1.165, 1.54) is 4.31 Å². The number of Topliss-reactive ketones (excluding diaryl/α,β-unsaturated/α-hetero) is 1. The lowest BCUT2D eigenvalue weighted by atomic mass is 9.98. The second-order valence-electron chi connectivity index (χ2n) is 5.61. The number of benzene rings is 2. The highest BCUT2D eigenvalue weighted by Gasteiger charge is 2.36. The van der Waals surface area contributed by atoms with Crippen LogP contribution in [0.3, 0.4) is 0 Å². The lowest BCUT2D eigenvalue weighted by Gasteiger charge is -2.35. The molecule has 4 nitrogen and oxygen atoms in total. The van der Waals surface area contributed by atoms with Crippen LogP contribution < -0.4 is 4.31 Å². The number of para-hydroxylation sites is 1. The van der Waals surface area contributed by atoms with Gasteiger partial charge in [0.2, 0.25) is 0 Å². The van der Waals surface area contributed by atoms with Crippen LogP contribution >= 0.6 is 0 Å². The van der Waals surface area contributed by atoms with Gasteiger partial charge in [0.05, 0.1) is 10.6 Å². The molecule has 1 aliphatic heterocycles. The van der Waals surface area contributed by atoms with Crippen molar-refractivity contribution in [3.05, 3.63) is 59.7 Å². The minimum absolute atomic E-state index is 0.0153. The van der Waals surface area contributed by atoms with Crippen molar-refractivity contribution in [1.29, 1.82) is 0 Å². The molecule has 1 atom stereocenters. The van der Waals surface area contributed by atoms with Gasteiger partial charge in [0.15, 0.2) is 5.78 Å². The zero-order chi connectivity index (χ0) is 15.9. The van der Waals surface area contributed by atoms with Gasteiger partial charge in [-0.1, -0.05) is 29.8 Å². The molecule has 0 amide bonds. The summed E-state index contributed by atoms with van der Waals surface area (Å²) in [4.78, 5) is 12.4. The second kappa shape index (κ2) is 5.25. The van der Waals surface area contributed by atoms with Crippen LogP contribution in [-0.4, -0.2) is 20.2 Å². The summed E-state index contributed by atoms with van der Waals surface area (Å²) in [5.74, 6) is -0.0153. The molecule has 1 heterocycles. The Labute approximate surface area is 130 Å². The Morgan fingerprint density at radius 3 is 2.36 bits per heavy atom. The first-order chi connectivity index (χ1) is 10.4. The van der Waals surface area contributed by atoms with Crippen molar-refractivity contribution in [2.24, 2.45) is 0 Å². The Morgan fingerprint density at radius 2 is 1.68 bits per heavy atom. The SMILES string of the molecule is Cc1ccc(S(=O)(=O)N2c3ccccc3C(=O)C[C@H]2C)cc1. The zero-order valence-corrected chi connectivity index (χ0v) is 13.3. The van der Waals surface area contributed by atoms with Gasteiger partial charge < -0.3 is 0 Å². The van der Waals surface area contributed by atoms with Crippen molar-refractivity contribution in [2.75, 3.05) is 4.31 Å². The fourth-order valence-corrected chi connectivity index (χ4v) is 4.46. The number of rotatable bonds is 2. The highest BCUT2D eigenvalue weighted by molar-refractivity contribution is 7.92. The second-order valence-corrected chi connectivity index (χ2v) is 7.42. The standard InChI is InChI=1S/C17H17NO3S/c1-12-7-9-14(10-8-12)22(20,21)18-13(2)11-17(19)15-5-3-4-6-16(15)18/h3-10,13H,11H2,1-2H3/t13-/m1/s1. The topological polar surface area (TPSA) is 54.5 Å². The summed E-state index contributed by atoms with van der Waals surface area (Å²) < 4.78 is 27.4. The quantitative estimate of drug-likeness (QED) is 0.855. The normalized spacial score (nSPS) is 18.2. The van der Waals surface area contributed by atoms with E-state index in [0.717, 1.165) is 5.56 Å². The van der Waals surface area contributed by atoms with E-state index in [-0.39, 0.29) is 17.1 Å². The summed E-state index contributed by atoms with van der Waals surface area (Å²) in [6.45, 7) is 3.67. The zero-order valence-electron chi connectivity index (χ0n) is 12.5. The minimum atomic E-state index is -3.68. The summed E-state index contributed by atoms with van der Waals surface area (Å²) >= 11 is 0. The van der Waals surface area contributed by atoms with Gasteiger partial charge in [0.25, 0.3) is 10.0 Å². The van der Waals surface area contributed by atoms with Crippen LogP contribution in [0.4, 0.5) is 5.69 Å². The molecule has 5 heteroatoms. The Hall–Kier alpha value is -2.14. The van der Waals surface area contributed by atoms with E-state index in [9.17, 15) is 13.2 Å². The van der Waals surface area contributed by atoms with E-state index in [1.54, 1.807) is 55.5 Å². The highest BCUT2D eigenvalue weighted by Crippen LogP contribution is 2.35. The Bertz CT molecular complexity index is 825. The number of nitrogens with zero attached hydrogens (tertiary/aromatic N) is 1. The predicted octanol–water partition coefficient (Wildman–Crippen LogP) is 3.17.